The summed E-state index contributed by atoms with van der Waals surface area (Å²) in [6.07, 6.45) is 1.87. The first kappa shape index (κ1) is 16.8. The number of carbonyl (C=O) groups is 1. The van der Waals surface area contributed by atoms with Crippen molar-refractivity contribution < 1.29 is 4.79 Å². The molecule has 3 aromatic rings. The molecular weight excluding hydrogens is 314 g/mol. The molecule has 6 heteroatoms. The standard InChI is InChI=1S/C19H21N5O/c1-2-9-17(15-10-5-3-6-11-15)20-18(25)14-24-22-19(21-23-24)16-12-7-4-8-13-16/h3-8,10-13,17H,2,9,14H2,1H3,(H,20,25)/t17-/m1/s1. The van der Waals surface area contributed by atoms with Gasteiger partial charge in [-0.3, -0.25) is 4.79 Å². The molecule has 1 N–H and O–H groups in total. The van der Waals surface area contributed by atoms with Gasteiger partial charge in [-0.05, 0) is 17.2 Å². The van der Waals surface area contributed by atoms with Gasteiger partial charge in [0.25, 0.3) is 0 Å². The van der Waals surface area contributed by atoms with Gasteiger partial charge in [0.05, 0.1) is 6.04 Å². The van der Waals surface area contributed by atoms with Crippen LogP contribution in [0.2, 0.25) is 0 Å². The monoisotopic (exact) mass is 335 g/mol. The van der Waals surface area contributed by atoms with Crippen molar-refractivity contribution in [2.24, 2.45) is 0 Å². The number of tetrazole rings is 1. The number of benzene rings is 2. The molecule has 6 nitrogen and oxygen atoms in total. The minimum Gasteiger partial charge on any atom is -0.348 e. The molecular formula is C19H21N5O. The fourth-order valence-corrected chi connectivity index (χ4v) is 2.68. The Hall–Kier alpha value is -3.02. The van der Waals surface area contributed by atoms with Gasteiger partial charge in [-0.15, -0.1) is 10.2 Å². The van der Waals surface area contributed by atoms with Gasteiger partial charge in [-0.2, -0.15) is 4.80 Å². The SMILES string of the molecule is CCC[C@@H](NC(=O)Cn1nnc(-c2ccccc2)n1)c1ccccc1. The van der Waals surface area contributed by atoms with E-state index in [0.29, 0.717) is 5.82 Å². The zero-order valence-corrected chi connectivity index (χ0v) is 14.2. The van der Waals surface area contributed by atoms with Crippen LogP contribution >= 0.6 is 0 Å². The van der Waals surface area contributed by atoms with Crippen LogP contribution in [0.5, 0.6) is 0 Å². The van der Waals surface area contributed by atoms with Crippen molar-refractivity contribution in [1.82, 2.24) is 25.5 Å². The molecule has 1 aromatic heterocycles. The predicted molar refractivity (Wildman–Crippen MR) is 95.5 cm³/mol. The topological polar surface area (TPSA) is 72.7 Å². The molecule has 0 radical (unpaired) electrons. The van der Waals surface area contributed by atoms with E-state index in [2.05, 4.69) is 27.7 Å². The van der Waals surface area contributed by atoms with Crippen molar-refractivity contribution in [2.45, 2.75) is 32.4 Å². The van der Waals surface area contributed by atoms with E-state index in [9.17, 15) is 4.79 Å². The van der Waals surface area contributed by atoms with Crippen LogP contribution in [0, 0.1) is 0 Å². The molecule has 128 valence electrons. The van der Waals surface area contributed by atoms with E-state index in [1.165, 1.54) is 4.80 Å². The highest BCUT2D eigenvalue weighted by Crippen LogP contribution is 2.18. The summed E-state index contributed by atoms with van der Waals surface area (Å²) in [5.74, 6) is 0.390. The van der Waals surface area contributed by atoms with Crippen LogP contribution in [-0.4, -0.2) is 26.1 Å². The predicted octanol–water partition coefficient (Wildman–Crippen LogP) is 3.00. The Kier molecular flexibility index (Phi) is 5.51. The van der Waals surface area contributed by atoms with E-state index >= 15 is 0 Å². The fourth-order valence-electron chi connectivity index (χ4n) is 2.68. The van der Waals surface area contributed by atoms with Crippen molar-refractivity contribution >= 4 is 5.91 Å². The smallest absolute Gasteiger partial charge is 0.244 e. The lowest BCUT2D eigenvalue weighted by Gasteiger charge is -2.18. The Bertz CT molecular complexity index is 801. The Balaban J connectivity index is 1.65. The van der Waals surface area contributed by atoms with Crippen LogP contribution in [-0.2, 0) is 11.3 Å². The van der Waals surface area contributed by atoms with Crippen LogP contribution in [0.3, 0.4) is 0 Å². The summed E-state index contributed by atoms with van der Waals surface area (Å²) in [6, 6.07) is 19.6. The average Bonchev–Trinajstić information content (AvgIpc) is 3.11. The summed E-state index contributed by atoms with van der Waals surface area (Å²) in [7, 11) is 0. The minimum absolute atomic E-state index is 0.00387. The zero-order chi connectivity index (χ0) is 17.5. The molecule has 0 aliphatic carbocycles. The minimum atomic E-state index is -0.126. The number of nitrogens with zero attached hydrogens (tertiary/aromatic N) is 4. The molecule has 3 rings (SSSR count). The van der Waals surface area contributed by atoms with E-state index in [0.717, 1.165) is 24.0 Å². The van der Waals surface area contributed by atoms with Crippen LogP contribution in [0.25, 0.3) is 11.4 Å². The summed E-state index contributed by atoms with van der Waals surface area (Å²) in [5, 5.41) is 15.3. The summed E-state index contributed by atoms with van der Waals surface area (Å²) < 4.78 is 0. The normalized spacial score (nSPS) is 11.9. The second kappa shape index (κ2) is 8.19. The molecule has 0 saturated carbocycles. The highest BCUT2D eigenvalue weighted by atomic mass is 16.2. The Morgan fingerprint density at radius 3 is 2.44 bits per heavy atom. The third-order valence-corrected chi connectivity index (χ3v) is 3.88. The molecule has 0 bridgehead atoms. The molecule has 1 heterocycles. The van der Waals surface area contributed by atoms with E-state index < -0.39 is 0 Å². The highest BCUT2D eigenvalue weighted by Gasteiger charge is 2.15. The lowest BCUT2D eigenvalue weighted by molar-refractivity contribution is -0.122. The average molecular weight is 335 g/mol. The summed E-state index contributed by atoms with van der Waals surface area (Å²) in [4.78, 5) is 13.7. The maximum Gasteiger partial charge on any atom is 0.244 e. The van der Waals surface area contributed by atoms with Crippen molar-refractivity contribution in [2.75, 3.05) is 0 Å². The second-order valence-corrected chi connectivity index (χ2v) is 5.83. The van der Waals surface area contributed by atoms with Gasteiger partial charge in [0.15, 0.2) is 0 Å². The summed E-state index contributed by atoms with van der Waals surface area (Å²) in [5.41, 5.74) is 1.98. The number of carbonyl (C=O) groups excluding carboxylic acids is 1. The van der Waals surface area contributed by atoms with E-state index in [1.54, 1.807) is 0 Å². The Labute approximate surface area is 146 Å². The van der Waals surface area contributed by atoms with Gasteiger partial charge in [-0.25, -0.2) is 0 Å². The zero-order valence-electron chi connectivity index (χ0n) is 14.2. The molecule has 1 amide bonds. The maximum absolute atomic E-state index is 12.4. The molecule has 0 aliphatic rings. The van der Waals surface area contributed by atoms with Crippen LogP contribution in [0.4, 0.5) is 0 Å². The second-order valence-electron chi connectivity index (χ2n) is 5.83. The Morgan fingerprint density at radius 1 is 1.08 bits per heavy atom. The van der Waals surface area contributed by atoms with Crippen molar-refractivity contribution in [3.8, 4) is 11.4 Å². The molecule has 1 atom stereocenters. The molecule has 2 aromatic carbocycles. The molecule has 25 heavy (non-hydrogen) atoms. The number of rotatable bonds is 7. The number of amides is 1. The lowest BCUT2D eigenvalue weighted by atomic mass is 10.0. The van der Waals surface area contributed by atoms with E-state index in [4.69, 9.17) is 0 Å². The molecule has 0 saturated heterocycles. The van der Waals surface area contributed by atoms with Crippen molar-refractivity contribution in [1.29, 1.82) is 0 Å². The van der Waals surface area contributed by atoms with Gasteiger partial charge < -0.3 is 5.32 Å². The van der Waals surface area contributed by atoms with Gasteiger partial charge in [-0.1, -0.05) is 74.0 Å². The third kappa shape index (κ3) is 4.50. The molecule has 0 aliphatic heterocycles. The Morgan fingerprint density at radius 2 is 1.76 bits per heavy atom. The van der Waals surface area contributed by atoms with Gasteiger partial charge >= 0.3 is 0 Å². The van der Waals surface area contributed by atoms with Gasteiger partial charge in [0, 0.05) is 5.56 Å². The fraction of sp³-hybridized carbons (Fsp3) is 0.263. The number of nitrogens with one attached hydrogen (secondary N) is 1. The first-order chi connectivity index (χ1) is 12.3. The van der Waals surface area contributed by atoms with Gasteiger partial charge in [0.2, 0.25) is 11.7 Å². The first-order valence-corrected chi connectivity index (χ1v) is 8.44. The van der Waals surface area contributed by atoms with Crippen LogP contribution in [0.15, 0.2) is 60.7 Å². The highest BCUT2D eigenvalue weighted by molar-refractivity contribution is 5.76. The first-order valence-electron chi connectivity index (χ1n) is 8.44. The number of aromatic nitrogens is 4. The number of hydrogen-bond donors (Lipinski definition) is 1. The van der Waals surface area contributed by atoms with E-state index in [-0.39, 0.29) is 18.5 Å². The largest absolute Gasteiger partial charge is 0.348 e. The number of hydrogen-bond acceptors (Lipinski definition) is 4. The lowest BCUT2D eigenvalue weighted by Crippen LogP contribution is -2.32. The van der Waals surface area contributed by atoms with Crippen LogP contribution < -0.4 is 5.32 Å². The summed E-state index contributed by atoms with van der Waals surface area (Å²) in [6.45, 7) is 2.15. The van der Waals surface area contributed by atoms with Crippen molar-refractivity contribution in [3.05, 3.63) is 66.2 Å². The van der Waals surface area contributed by atoms with E-state index in [1.807, 2.05) is 60.7 Å². The molecule has 0 unspecified atom stereocenters. The van der Waals surface area contributed by atoms with Gasteiger partial charge in [0.1, 0.15) is 6.54 Å². The van der Waals surface area contributed by atoms with Crippen LogP contribution in [0.1, 0.15) is 31.4 Å². The molecule has 0 fully saturated rings. The third-order valence-electron chi connectivity index (χ3n) is 3.88. The molecule has 0 spiro atoms. The quantitative estimate of drug-likeness (QED) is 0.720. The summed E-state index contributed by atoms with van der Waals surface area (Å²) >= 11 is 0. The van der Waals surface area contributed by atoms with Crippen molar-refractivity contribution in [3.63, 3.8) is 0 Å². The maximum atomic E-state index is 12.4.